The summed E-state index contributed by atoms with van der Waals surface area (Å²) < 4.78 is 10.00. The van der Waals surface area contributed by atoms with E-state index in [0.717, 1.165) is 0 Å². The number of amides is 3. The number of aromatic nitrogens is 1. The molecule has 0 unspecified atom stereocenters. The van der Waals surface area contributed by atoms with Crippen molar-refractivity contribution in [1.82, 2.24) is 15.0 Å². The van der Waals surface area contributed by atoms with Crippen LogP contribution in [0.5, 0.6) is 0 Å². The largest absolute Gasteiger partial charge is 0.459 e. The predicted octanol–water partition coefficient (Wildman–Crippen LogP) is 1.57. The van der Waals surface area contributed by atoms with Gasteiger partial charge in [-0.2, -0.15) is 0 Å². The van der Waals surface area contributed by atoms with Crippen LogP contribution in [0.25, 0.3) is 0 Å². The van der Waals surface area contributed by atoms with Gasteiger partial charge in [-0.1, -0.05) is 5.16 Å². The van der Waals surface area contributed by atoms with E-state index in [-0.39, 0.29) is 11.9 Å². The molecule has 1 saturated heterocycles. The van der Waals surface area contributed by atoms with Crippen LogP contribution in [0.15, 0.2) is 33.4 Å². The van der Waals surface area contributed by atoms with Gasteiger partial charge in [-0.05, 0) is 19.1 Å². The molecule has 0 spiro atoms. The average Bonchev–Trinajstić information content (AvgIpc) is 3.18. The first-order valence-corrected chi connectivity index (χ1v) is 6.95. The van der Waals surface area contributed by atoms with Crippen molar-refractivity contribution in [1.29, 1.82) is 0 Å². The Labute approximate surface area is 126 Å². The number of aryl methyl sites for hydroxylation is 1. The molecule has 0 aromatic carbocycles. The van der Waals surface area contributed by atoms with Gasteiger partial charge < -0.3 is 18.7 Å². The molecule has 2 aromatic rings. The normalized spacial score (nSPS) is 15.0. The van der Waals surface area contributed by atoms with Gasteiger partial charge in [-0.3, -0.25) is 10.1 Å². The summed E-state index contributed by atoms with van der Waals surface area (Å²) in [6.45, 7) is 3.58. The van der Waals surface area contributed by atoms with E-state index in [1.807, 2.05) is 0 Å². The Morgan fingerprint density at radius 1 is 1.23 bits per heavy atom. The van der Waals surface area contributed by atoms with Crippen molar-refractivity contribution < 1.29 is 18.5 Å². The number of urea groups is 1. The fourth-order valence-electron chi connectivity index (χ4n) is 2.28. The van der Waals surface area contributed by atoms with Crippen molar-refractivity contribution >= 4 is 17.8 Å². The lowest BCUT2D eigenvalue weighted by molar-refractivity contribution is 0.0640. The van der Waals surface area contributed by atoms with Crippen molar-refractivity contribution in [3.05, 3.63) is 36.0 Å². The van der Waals surface area contributed by atoms with Gasteiger partial charge in [-0.15, -0.1) is 0 Å². The summed E-state index contributed by atoms with van der Waals surface area (Å²) in [5.41, 5.74) is 0. The molecule has 1 aliphatic heterocycles. The first-order chi connectivity index (χ1) is 10.6. The summed E-state index contributed by atoms with van der Waals surface area (Å²) >= 11 is 0. The van der Waals surface area contributed by atoms with Crippen molar-refractivity contribution in [3.63, 3.8) is 0 Å². The maximum absolute atomic E-state index is 12.1. The number of carbonyl (C=O) groups is 2. The molecule has 8 heteroatoms. The van der Waals surface area contributed by atoms with Crippen molar-refractivity contribution in [2.45, 2.75) is 6.92 Å². The quantitative estimate of drug-likeness (QED) is 0.909. The second kappa shape index (κ2) is 5.92. The van der Waals surface area contributed by atoms with E-state index in [1.165, 1.54) is 6.26 Å². The number of rotatable bonds is 2. The minimum atomic E-state index is -0.251. The lowest BCUT2D eigenvalue weighted by Gasteiger charge is -2.34. The fourth-order valence-corrected chi connectivity index (χ4v) is 2.28. The first-order valence-electron chi connectivity index (χ1n) is 6.95. The zero-order valence-corrected chi connectivity index (χ0v) is 12.1. The van der Waals surface area contributed by atoms with Gasteiger partial charge in [0.05, 0.1) is 6.26 Å². The van der Waals surface area contributed by atoms with E-state index >= 15 is 0 Å². The molecule has 3 heterocycles. The van der Waals surface area contributed by atoms with E-state index in [2.05, 4.69) is 10.5 Å². The molecule has 0 radical (unpaired) electrons. The number of piperazine rings is 1. The minimum Gasteiger partial charge on any atom is -0.459 e. The van der Waals surface area contributed by atoms with Gasteiger partial charge in [-0.25, -0.2) is 4.79 Å². The number of hydrogen-bond donors (Lipinski definition) is 1. The summed E-state index contributed by atoms with van der Waals surface area (Å²) in [4.78, 5) is 27.5. The highest BCUT2D eigenvalue weighted by Gasteiger charge is 2.26. The van der Waals surface area contributed by atoms with Crippen LogP contribution < -0.4 is 5.32 Å². The van der Waals surface area contributed by atoms with Gasteiger partial charge in [0, 0.05) is 32.2 Å². The highest BCUT2D eigenvalue weighted by molar-refractivity contribution is 5.92. The third-order valence-electron chi connectivity index (χ3n) is 3.45. The van der Waals surface area contributed by atoms with Gasteiger partial charge in [0.1, 0.15) is 5.76 Å². The zero-order valence-electron chi connectivity index (χ0n) is 12.1. The van der Waals surface area contributed by atoms with E-state index in [1.54, 1.807) is 34.9 Å². The Hall–Kier alpha value is -2.77. The van der Waals surface area contributed by atoms with Crippen molar-refractivity contribution in [3.8, 4) is 0 Å². The lowest BCUT2D eigenvalue weighted by atomic mass is 10.3. The molecule has 8 nitrogen and oxygen atoms in total. The van der Waals surface area contributed by atoms with Crippen molar-refractivity contribution in [2.75, 3.05) is 31.5 Å². The number of anilines is 1. The van der Waals surface area contributed by atoms with E-state index in [9.17, 15) is 9.59 Å². The monoisotopic (exact) mass is 304 g/mol. The second-order valence-electron chi connectivity index (χ2n) is 5.01. The molecular weight excluding hydrogens is 288 g/mol. The molecule has 2 aromatic heterocycles. The van der Waals surface area contributed by atoms with Crippen molar-refractivity contribution in [2.24, 2.45) is 0 Å². The molecule has 1 fully saturated rings. The summed E-state index contributed by atoms with van der Waals surface area (Å²) in [5, 5.41) is 6.38. The molecule has 0 atom stereocenters. The Kier molecular flexibility index (Phi) is 3.82. The van der Waals surface area contributed by atoms with Crippen LogP contribution in [0.3, 0.4) is 0 Å². The number of furan rings is 1. The predicted molar refractivity (Wildman–Crippen MR) is 76.4 cm³/mol. The van der Waals surface area contributed by atoms with E-state index < -0.39 is 0 Å². The molecule has 22 heavy (non-hydrogen) atoms. The Morgan fingerprint density at radius 2 is 1.95 bits per heavy atom. The molecule has 3 amide bonds. The Bertz CT molecular complexity index is 656. The van der Waals surface area contributed by atoms with E-state index in [0.29, 0.717) is 43.5 Å². The van der Waals surface area contributed by atoms with Crippen LogP contribution >= 0.6 is 0 Å². The summed E-state index contributed by atoms with van der Waals surface area (Å²) in [7, 11) is 0. The van der Waals surface area contributed by atoms with Gasteiger partial charge in [0.15, 0.2) is 11.6 Å². The lowest BCUT2D eigenvalue weighted by Crippen LogP contribution is -2.51. The van der Waals surface area contributed by atoms with Crippen LogP contribution in [0, 0.1) is 6.92 Å². The second-order valence-corrected chi connectivity index (χ2v) is 5.01. The number of carbonyl (C=O) groups excluding carboxylic acids is 2. The number of nitrogens with one attached hydrogen (secondary N) is 1. The molecule has 0 bridgehead atoms. The fraction of sp³-hybridized carbons (Fsp3) is 0.357. The average molecular weight is 304 g/mol. The van der Waals surface area contributed by atoms with Gasteiger partial charge >= 0.3 is 6.03 Å². The Morgan fingerprint density at radius 3 is 2.55 bits per heavy atom. The number of nitrogens with zero attached hydrogens (tertiary/aromatic N) is 3. The van der Waals surface area contributed by atoms with E-state index in [4.69, 9.17) is 8.94 Å². The van der Waals surface area contributed by atoms with Crippen LogP contribution in [0.1, 0.15) is 16.3 Å². The van der Waals surface area contributed by atoms with Crippen LogP contribution in [-0.4, -0.2) is 53.1 Å². The standard InChI is InChI=1S/C14H16N4O4/c1-10-9-12(16-22-10)15-14(20)18-6-4-17(5-7-18)13(19)11-3-2-8-21-11/h2-3,8-9H,4-7H2,1H3,(H,15,16,20). The Balaban J connectivity index is 1.53. The number of hydrogen-bond acceptors (Lipinski definition) is 5. The summed E-state index contributed by atoms with van der Waals surface area (Å²) in [5.74, 6) is 1.17. The van der Waals surface area contributed by atoms with Crippen LogP contribution in [0.2, 0.25) is 0 Å². The maximum atomic E-state index is 12.1. The molecule has 0 aliphatic carbocycles. The molecule has 1 N–H and O–H groups in total. The smallest absolute Gasteiger partial charge is 0.323 e. The highest BCUT2D eigenvalue weighted by atomic mass is 16.5. The maximum Gasteiger partial charge on any atom is 0.323 e. The molecule has 3 rings (SSSR count). The molecule has 116 valence electrons. The minimum absolute atomic E-state index is 0.155. The third kappa shape index (κ3) is 2.95. The first kappa shape index (κ1) is 14.2. The molecule has 0 saturated carbocycles. The molecule has 1 aliphatic rings. The summed E-state index contributed by atoms with van der Waals surface area (Å²) in [6, 6.07) is 4.71. The topological polar surface area (TPSA) is 91.8 Å². The van der Waals surface area contributed by atoms with Crippen LogP contribution in [0.4, 0.5) is 10.6 Å². The SMILES string of the molecule is Cc1cc(NC(=O)N2CCN(C(=O)c3ccco3)CC2)no1. The van der Waals surface area contributed by atoms with Gasteiger partial charge in [0.25, 0.3) is 5.91 Å². The van der Waals surface area contributed by atoms with Gasteiger partial charge in [0.2, 0.25) is 0 Å². The third-order valence-corrected chi connectivity index (χ3v) is 3.45. The highest BCUT2D eigenvalue weighted by Crippen LogP contribution is 2.12. The molecular formula is C14H16N4O4. The summed E-state index contributed by atoms with van der Waals surface area (Å²) in [6.07, 6.45) is 1.47. The van der Waals surface area contributed by atoms with Crippen LogP contribution in [-0.2, 0) is 0 Å². The zero-order chi connectivity index (χ0) is 15.5.